The van der Waals surface area contributed by atoms with Crippen LogP contribution < -0.4 is 16.0 Å². The molecule has 1 fully saturated rings. The molecule has 2 aromatic rings. The van der Waals surface area contributed by atoms with Gasteiger partial charge in [0.2, 0.25) is 0 Å². The van der Waals surface area contributed by atoms with Crippen LogP contribution in [0, 0.1) is 5.41 Å². The normalized spacial score (nSPS) is 14.8. The Labute approximate surface area is 164 Å². The summed E-state index contributed by atoms with van der Waals surface area (Å²) in [4.78, 5) is 21.0. The number of allylic oxidation sites excluding steroid dienone is 1. The fourth-order valence-corrected chi connectivity index (χ4v) is 3.21. The number of hydrogen-bond donors (Lipinski definition) is 5. The molecule has 2 amide bonds. The van der Waals surface area contributed by atoms with Crippen molar-refractivity contribution < 1.29 is 9.90 Å². The van der Waals surface area contributed by atoms with Crippen LogP contribution in [0.2, 0.25) is 0 Å². The first-order chi connectivity index (χ1) is 13.7. The summed E-state index contributed by atoms with van der Waals surface area (Å²) in [5.41, 5.74) is 2.76. The Bertz CT molecular complexity index is 861. The summed E-state index contributed by atoms with van der Waals surface area (Å²) in [6.07, 6.45) is 9.66. The van der Waals surface area contributed by atoms with E-state index in [9.17, 15) is 4.79 Å². The zero-order chi connectivity index (χ0) is 19.8. The summed E-state index contributed by atoms with van der Waals surface area (Å²) in [5.74, 6) is 0.461. The van der Waals surface area contributed by atoms with Gasteiger partial charge < -0.3 is 21.1 Å². The molecule has 0 aliphatic heterocycles. The number of aromatic nitrogens is 2. The number of nitrogens with one attached hydrogen (secondary N) is 4. The Morgan fingerprint density at radius 2 is 2.11 bits per heavy atom. The number of nitrogens with zero attached hydrogens (tertiary/aromatic N) is 2. The number of rotatable bonds is 8. The Hall–Kier alpha value is -3.00. The molecule has 3 rings (SSSR count). The largest absolute Gasteiger partial charge is 0.396 e. The lowest BCUT2D eigenvalue weighted by Gasteiger charge is -2.13. The molecular formula is C20H26N6O2. The van der Waals surface area contributed by atoms with Crippen molar-refractivity contribution in [2.75, 3.05) is 18.5 Å². The Balaban J connectivity index is 1.72. The van der Waals surface area contributed by atoms with Gasteiger partial charge in [-0.15, -0.1) is 0 Å². The van der Waals surface area contributed by atoms with Crippen molar-refractivity contribution in [2.24, 2.45) is 0 Å². The average molecular weight is 382 g/mol. The number of hydrogen-bond acceptors (Lipinski definition) is 6. The van der Waals surface area contributed by atoms with Crippen LogP contribution >= 0.6 is 0 Å². The number of fused-ring (bicyclic) bond motifs is 1. The van der Waals surface area contributed by atoms with E-state index >= 15 is 0 Å². The van der Waals surface area contributed by atoms with Gasteiger partial charge in [0.15, 0.2) is 0 Å². The number of aliphatic hydroxyl groups excluding tert-OH is 1. The van der Waals surface area contributed by atoms with E-state index in [0.717, 1.165) is 31.2 Å². The molecule has 5 N–H and O–H groups in total. The highest BCUT2D eigenvalue weighted by molar-refractivity contribution is 6.08. The lowest BCUT2D eigenvalue weighted by molar-refractivity contribution is 0.248. The topological polar surface area (TPSA) is 123 Å². The predicted octanol–water partition coefficient (Wildman–Crippen LogP) is 2.66. The van der Waals surface area contributed by atoms with Crippen LogP contribution in [0.15, 0.2) is 30.6 Å². The summed E-state index contributed by atoms with van der Waals surface area (Å²) < 4.78 is 0. The SMILES string of the molecule is N=C/C(=C\NCCCO)c1cnc2ccc(NC(=O)NC3CCCC3)nc2c1. The van der Waals surface area contributed by atoms with Gasteiger partial charge in [0.25, 0.3) is 0 Å². The van der Waals surface area contributed by atoms with Gasteiger partial charge in [0.05, 0.1) is 11.0 Å². The van der Waals surface area contributed by atoms with Crippen molar-refractivity contribution >= 4 is 34.7 Å². The van der Waals surface area contributed by atoms with Gasteiger partial charge in [0, 0.05) is 48.9 Å². The van der Waals surface area contributed by atoms with E-state index in [1.54, 1.807) is 18.5 Å². The minimum Gasteiger partial charge on any atom is -0.396 e. The number of amides is 2. The molecule has 148 valence electrons. The zero-order valence-electron chi connectivity index (χ0n) is 15.7. The maximum absolute atomic E-state index is 12.2. The highest BCUT2D eigenvalue weighted by Gasteiger charge is 2.17. The molecule has 28 heavy (non-hydrogen) atoms. The van der Waals surface area contributed by atoms with Crippen molar-refractivity contribution in [3.8, 4) is 0 Å². The predicted molar refractivity (Wildman–Crippen MR) is 110 cm³/mol. The first-order valence-electron chi connectivity index (χ1n) is 9.59. The third-order valence-corrected chi connectivity index (χ3v) is 4.69. The highest BCUT2D eigenvalue weighted by Crippen LogP contribution is 2.20. The number of carbonyl (C=O) groups is 1. The van der Waals surface area contributed by atoms with Crippen molar-refractivity contribution in [1.82, 2.24) is 20.6 Å². The van der Waals surface area contributed by atoms with Gasteiger partial charge >= 0.3 is 6.03 Å². The van der Waals surface area contributed by atoms with E-state index in [1.807, 2.05) is 12.1 Å². The van der Waals surface area contributed by atoms with Crippen LogP contribution in [0.3, 0.4) is 0 Å². The number of pyridine rings is 2. The zero-order valence-corrected chi connectivity index (χ0v) is 15.7. The lowest BCUT2D eigenvalue weighted by Crippen LogP contribution is -2.36. The summed E-state index contributed by atoms with van der Waals surface area (Å²) >= 11 is 0. The molecule has 8 nitrogen and oxygen atoms in total. The molecule has 8 heteroatoms. The molecule has 1 aliphatic rings. The first-order valence-corrected chi connectivity index (χ1v) is 9.59. The molecular weight excluding hydrogens is 356 g/mol. The van der Waals surface area contributed by atoms with Gasteiger partial charge in [0.1, 0.15) is 5.82 Å². The molecule has 0 spiro atoms. The summed E-state index contributed by atoms with van der Waals surface area (Å²) in [7, 11) is 0. The van der Waals surface area contributed by atoms with Gasteiger partial charge in [-0.05, 0) is 37.5 Å². The smallest absolute Gasteiger partial charge is 0.320 e. The van der Waals surface area contributed by atoms with Crippen LogP contribution in [0.1, 0.15) is 37.7 Å². The number of carbonyl (C=O) groups excluding carboxylic acids is 1. The maximum Gasteiger partial charge on any atom is 0.320 e. The standard InChI is InChI=1S/C20H26N6O2/c21-11-15(12-22-8-3-9-27)14-10-18-17(23-13-14)6-7-19(25-18)26-20(28)24-16-4-1-2-5-16/h6-7,10-13,16,21-22,27H,1-5,8-9H2,(H2,24,25,26,28)/b15-12+,21-11?. The molecule has 1 aliphatic carbocycles. The molecule has 1 saturated carbocycles. The maximum atomic E-state index is 12.2. The number of anilines is 1. The van der Waals surface area contributed by atoms with E-state index in [-0.39, 0.29) is 18.7 Å². The van der Waals surface area contributed by atoms with E-state index < -0.39 is 0 Å². The first kappa shape index (κ1) is 19.8. The van der Waals surface area contributed by atoms with Crippen LogP contribution in [-0.4, -0.2) is 46.5 Å². The van der Waals surface area contributed by atoms with Crippen LogP contribution in [0.4, 0.5) is 10.6 Å². The van der Waals surface area contributed by atoms with Crippen LogP contribution in [-0.2, 0) is 0 Å². The van der Waals surface area contributed by atoms with Gasteiger partial charge in [-0.1, -0.05) is 12.8 Å². The summed E-state index contributed by atoms with van der Waals surface area (Å²) in [5, 5.41) is 25.3. The quantitative estimate of drug-likeness (QED) is 0.355. The van der Waals surface area contributed by atoms with Crippen molar-refractivity contribution in [3.63, 3.8) is 0 Å². The fourth-order valence-electron chi connectivity index (χ4n) is 3.21. The van der Waals surface area contributed by atoms with E-state index in [2.05, 4.69) is 25.9 Å². The molecule has 0 atom stereocenters. The third-order valence-electron chi connectivity index (χ3n) is 4.69. The lowest BCUT2D eigenvalue weighted by atomic mass is 10.1. The highest BCUT2D eigenvalue weighted by atomic mass is 16.3. The minimum atomic E-state index is -0.240. The molecule has 2 heterocycles. The second kappa shape index (κ2) is 9.80. The van der Waals surface area contributed by atoms with E-state index in [1.165, 1.54) is 6.21 Å². The van der Waals surface area contributed by atoms with Crippen molar-refractivity contribution in [1.29, 1.82) is 5.41 Å². The Morgan fingerprint density at radius 3 is 2.86 bits per heavy atom. The average Bonchev–Trinajstić information content (AvgIpc) is 3.20. The monoisotopic (exact) mass is 382 g/mol. The Morgan fingerprint density at radius 1 is 1.29 bits per heavy atom. The summed E-state index contributed by atoms with van der Waals surface area (Å²) in [6.45, 7) is 0.740. The van der Waals surface area contributed by atoms with Crippen molar-refractivity contribution in [2.45, 2.75) is 38.1 Å². The van der Waals surface area contributed by atoms with Crippen LogP contribution in [0.5, 0.6) is 0 Å². The third kappa shape index (κ3) is 5.26. The number of urea groups is 1. The molecule has 0 saturated heterocycles. The molecule has 0 unspecified atom stereocenters. The van der Waals surface area contributed by atoms with Gasteiger partial charge in [-0.3, -0.25) is 10.3 Å². The van der Waals surface area contributed by atoms with Crippen LogP contribution in [0.25, 0.3) is 16.6 Å². The molecule has 0 bridgehead atoms. The van der Waals surface area contributed by atoms with Crippen molar-refractivity contribution in [3.05, 3.63) is 36.2 Å². The molecule has 0 aromatic carbocycles. The van der Waals surface area contributed by atoms with E-state index in [4.69, 9.17) is 10.5 Å². The number of aliphatic hydroxyl groups is 1. The molecule has 2 aromatic heterocycles. The fraction of sp³-hybridized carbons (Fsp3) is 0.400. The van der Waals surface area contributed by atoms with Gasteiger partial charge in [-0.25, -0.2) is 9.78 Å². The summed E-state index contributed by atoms with van der Waals surface area (Å²) in [6, 6.07) is 5.38. The second-order valence-corrected chi connectivity index (χ2v) is 6.81. The van der Waals surface area contributed by atoms with E-state index in [0.29, 0.717) is 35.4 Å². The second-order valence-electron chi connectivity index (χ2n) is 6.81. The Kier molecular flexibility index (Phi) is 6.91. The van der Waals surface area contributed by atoms with Gasteiger partial charge in [-0.2, -0.15) is 0 Å². The minimum absolute atomic E-state index is 0.117. The molecule has 0 radical (unpaired) electrons.